The van der Waals surface area contributed by atoms with Crippen LogP contribution in [0.1, 0.15) is 5.56 Å². The highest BCUT2D eigenvalue weighted by atomic mass is 32.2. The maximum atomic E-state index is 13.4. The van der Waals surface area contributed by atoms with E-state index in [9.17, 15) is 30.8 Å². The maximum Gasteiger partial charge on any atom is 0.416 e. The zero-order valence-corrected chi connectivity index (χ0v) is 19.2. The summed E-state index contributed by atoms with van der Waals surface area (Å²) in [7, 11) is -2.85. The summed E-state index contributed by atoms with van der Waals surface area (Å²) < 4.78 is 84.6. The lowest BCUT2D eigenvalue weighted by Crippen LogP contribution is -2.41. The lowest BCUT2D eigenvalue weighted by Gasteiger charge is -2.23. The molecule has 7 nitrogen and oxygen atoms in total. The zero-order chi connectivity index (χ0) is 25.6. The molecule has 0 unspecified atom stereocenters. The molecule has 0 aliphatic carbocycles. The van der Waals surface area contributed by atoms with Crippen LogP contribution in [-0.2, 0) is 16.2 Å². The fourth-order valence-electron chi connectivity index (χ4n) is 3.08. The number of halogens is 4. The minimum Gasteiger partial charge on any atom is -0.497 e. The third kappa shape index (κ3) is 6.93. The van der Waals surface area contributed by atoms with Crippen molar-refractivity contribution in [1.29, 1.82) is 0 Å². The van der Waals surface area contributed by atoms with Crippen molar-refractivity contribution < 1.29 is 35.5 Å². The Labute approximate surface area is 199 Å². The minimum absolute atomic E-state index is 0.209. The molecule has 186 valence electrons. The fourth-order valence-corrected chi connectivity index (χ4v) is 4.14. The Hall–Kier alpha value is -3.64. The number of ether oxygens (including phenoxy) is 1. The van der Waals surface area contributed by atoms with Gasteiger partial charge in [0.05, 0.1) is 17.6 Å². The second-order valence-electron chi connectivity index (χ2n) is 7.21. The molecule has 0 heterocycles. The quantitative estimate of drug-likeness (QED) is 0.423. The van der Waals surface area contributed by atoms with Crippen LogP contribution in [0.15, 0.2) is 77.7 Å². The highest BCUT2D eigenvalue weighted by molar-refractivity contribution is 7.89. The lowest BCUT2D eigenvalue weighted by atomic mass is 10.2. The van der Waals surface area contributed by atoms with E-state index in [0.29, 0.717) is 17.5 Å². The van der Waals surface area contributed by atoms with Crippen molar-refractivity contribution in [2.45, 2.75) is 11.1 Å². The Morgan fingerprint density at radius 2 is 1.69 bits per heavy atom. The third-order valence-electron chi connectivity index (χ3n) is 4.80. The van der Waals surface area contributed by atoms with Crippen molar-refractivity contribution in [2.24, 2.45) is 0 Å². The Morgan fingerprint density at radius 1 is 1.00 bits per heavy atom. The first-order valence-corrected chi connectivity index (χ1v) is 11.6. The fraction of sp³-hybridized carbons (Fsp3) is 0.174. The lowest BCUT2D eigenvalue weighted by molar-refractivity contribution is -0.137. The Kier molecular flexibility index (Phi) is 7.97. The van der Waals surface area contributed by atoms with E-state index in [2.05, 4.69) is 10.0 Å². The molecule has 0 aromatic heterocycles. The molecule has 0 spiro atoms. The summed E-state index contributed by atoms with van der Waals surface area (Å²) in [6, 6.07) is 14.1. The zero-order valence-electron chi connectivity index (χ0n) is 18.3. The summed E-state index contributed by atoms with van der Waals surface area (Å²) in [6.45, 7) is -0.541. The van der Waals surface area contributed by atoms with Gasteiger partial charge in [0.1, 0.15) is 11.6 Å². The van der Waals surface area contributed by atoms with Crippen LogP contribution < -0.4 is 19.7 Å². The van der Waals surface area contributed by atoms with Gasteiger partial charge < -0.3 is 10.1 Å². The molecule has 35 heavy (non-hydrogen) atoms. The number of benzene rings is 3. The van der Waals surface area contributed by atoms with Gasteiger partial charge >= 0.3 is 12.2 Å². The largest absolute Gasteiger partial charge is 0.497 e. The van der Waals surface area contributed by atoms with E-state index in [0.717, 1.165) is 35.2 Å². The first kappa shape index (κ1) is 26.0. The van der Waals surface area contributed by atoms with Crippen LogP contribution >= 0.6 is 0 Å². The average Bonchev–Trinajstić information content (AvgIpc) is 2.82. The predicted molar refractivity (Wildman–Crippen MR) is 122 cm³/mol. The van der Waals surface area contributed by atoms with Gasteiger partial charge in [0.15, 0.2) is 0 Å². The highest BCUT2D eigenvalue weighted by Crippen LogP contribution is 2.30. The molecular formula is C23H21F4N3O4S. The first-order valence-electron chi connectivity index (χ1n) is 10.1. The first-order chi connectivity index (χ1) is 16.5. The predicted octanol–water partition coefficient (Wildman–Crippen LogP) is 4.87. The molecule has 3 rings (SSSR count). The number of hydrogen-bond donors (Lipinski definition) is 2. The molecule has 12 heteroatoms. The van der Waals surface area contributed by atoms with E-state index in [1.54, 1.807) is 24.3 Å². The van der Waals surface area contributed by atoms with Gasteiger partial charge in [0.25, 0.3) is 0 Å². The molecular weight excluding hydrogens is 490 g/mol. The van der Waals surface area contributed by atoms with E-state index in [1.165, 1.54) is 19.2 Å². The van der Waals surface area contributed by atoms with Crippen LogP contribution in [-0.4, -0.2) is 34.6 Å². The second kappa shape index (κ2) is 10.7. The van der Waals surface area contributed by atoms with Crippen LogP contribution in [0.5, 0.6) is 5.75 Å². The molecule has 2 amide bonds. The van der Waals surface area contributed by atoms with Crippen molar-refractivity contribution in [2.75, 3.05) is 30.4 Å². The Bertz CT molecular complexity index is 1280. The van der Waals surface area contributed by atoms with Gasteiger partial charge in [-0.25, -0.2) is 22.3 Å². The standard InChI is InChI=1S/C23H21F4N3O4S/c1-34-20-6-3-5-18(15-20)29-22(31)30(19-10-8-17(24)9-11-19)13-12-28-35(32,33)21-7-2-4-16(14-21)23(25,26)27/h2-11,14-15,28H,12-13H2,1H3,(H,29,31). The number of sulfonamides is 1. The van der Waals surface area contributed by atoms with Crippen LogP contribution in [0, 0.1) is 5.82 Å². The molecule has 3 aromatic rings. The van der Waals surface area contributed by atoms with E-state index in [4.69, 9.17) is 4.74 Å². The smallest absolute Gasteiger partial charge is 0.416 e. The minimum atomic E-state index is -4.71. The number of carbonyl (C=O) groups excluding carboxylic acids is 1. The number of alkyl halides is 3. The summed E-state index contributed by atoms with van der Waals surface area (Å²) in [4.78, 5) is 13.5. The summed E-state index contributed by atoms with van der Waals surface area (Å²) in [5.41, 5.74) is -0.443. The molecule has 0 aliphatic rings. The number of amides is 2. The Morgan fingerprint density at radius 3 is 2.34 bits per heavy atom. The van der Waals surface area contributed by atoms with Crippen LogP contribution in [0.3, 0.4) is 0 Å². The number of hydrogen-bond acceptors (Lipinski definition) is 4. The van der Waals surface area contributed by atoms with Crippen molar-refractivity contribution in [3.05, 3.63) is 84.2 Å². The summed E-state index contributed by atoms with van der Waals surface area (Å²) in [5.74, 6) is -0.0443. The number of rotatable bonds is 8. The summed E-state index contributed by atoms with van der Waals surface area (Å²) in [6.07, 6.45) is -4.71. The maximum absolute atomic E-state index is 13.4. The molecule has 0 radical (unpaired) electrons. The SMILES string of the molecule is COc1cccc(NC(=O)N(CCNS(=O)(=O)c2cccc(C(F)(F)F)c2)c2ccc(F)cc2)c1. The van der Waals surface area contributed by atoms with Crippen molar-refractivity contribution in [1.82, 2.24) is 4.72 Å². The Balaban J connectivity index is 1.77. The van der Waals surface area contributed by atoms with Crippen LogP contribution in [0.4, 0.5) is 33.7 Å². The van der Waals surface area contributed by atoms with Gasteiger partial charge in [-0.15, -0.1) is 0 Å². The van der Waals surface area contributed by atoms with Crippen molar-refractivity contribution >= 4 is 27.4 Å². The number of nitrogens with zero attached hydrogens (tertiary/aromatic N) is 1. The van der Waals surface area contributed by atoms with Gasteiger partial charge in [0, 0.05) is 30.5 Å². The molecule has 3 aromatic carbocycles. The number of carbonyl (C=O) groups is 1. The molecule has 0 atom stereocenters. The summed E-state index contributed by atoms with van der Waals surface area (Å²) >= 11 is 0. The molecule has 0 fully saturated rings. The third-order valence-corrected chi connectivity index (χ3v) is 6.26. The molecule has 0 bridgehead atoms. The molecule has 0 saturated heterocycles. The topological polar surface area (TPSA) is 87.7 Å². The van der Waals surface area contributed by atoms with Crippen molar-refractivity contribution in [3.8, 4) is 5.75 Å². The number of anilines is 2. The van der Waals surface area contributed by atoms with Crippen molar-refractivity contribution in [3.63, 3.8) is 0 Å². The van der Waals surface area contributed by atoms with Gasteiger partial charge in [-0.3, -0.25) is 4.90 Å². The van der Waals surface area contributed by atoms with E-state index >= 15 is 0 Å². The van der Waals surface area contributed by atoms with E-state index < -0.39 is 38.5 Å². The second-order valence-corrected chi connectivity index (χ2v) is 8.98. The van der Waals surface area contributed by atoms with Gasteiger partial charge in [-0.05, 0) is 54.6 Å². The average molecular weight is 511 g/mol. The van der Waals surface area contributed by atoms with Gasteiger partial charge in [-0.2, -0.15) is 13.2 Å². The number of methoxy groups -OCH3 is 1. The van der Waals surface area contributed by atoms with E-state index in [-0.39, 0.29) is 18.8 Å². The molecule has 0 aliphatic heterocycles. The summed E-state index contributed by atoms with van der Waals surface area (Å²) in [5, 5.41) is 2.64. The number of nitrogens with one attached hydrogen (secondary N) is 2. The highest BCUT2D eigenvalue weighted by Gasteiger charge is 2.31. The van der Waals surface area contributed by atoms with Crippen LogP contribution in [0.25, 0.3) is 0 Å². The van der Waals surface area contributed by atoms with Crippen LogP contribution in [0.2, 0.25) is 0 Å². The van der Waals surface area contributed by atoms with Gasteiger partial charge in [0.2, 0.25) is 10.0 Å². The molecule has 2 N–H and O–H groups in total. The van der Waals surface area contributed by atoms with Gasteiger partial charge in [-0.1, -0.05) is 12.1 Å². The van der Waals surface area contributed by atoms with E-state index in [1.807, 2.05) is 0 Å². The monoisotopic (exact) mass is 511 g/mol. The molecule has 0 saturated carbocycles. The number of urea groups is 1. The normalized spacial score (nSPS) is 11.7.